The Bertz CT molecular complexity index is 819. The largest absolute Gasteiger partial charge is 0.497 e. The monoisotopic (exact) mass is 311 g/mol. The van der Waals surface area contributed by atoms with Gasteiger partial charge in [-0.05, 0) is 29.8 Å². The van der Waals surface area contributed by atoms with E-state index in [0.29, 0.717) is 6.54 Å². The Labute approximate surface area is 135 Å². The molecular weight excluding hydrogens is 290 g/mol. The highest BCUT2D eigenvalue weighted by Crippen LogP contribution is 2.21. The molecule has 0 saturated heterocycles. The Morgan fingerprint density at radius 1 is 1.13 bits per heavy atom. The van der Waals surface area contributed by atoms with Crippen LogP contribution in [0.2, 0.25) is 0 Å². The predicted octanol–water partition coefficient (Wildman–Crippen LogP) is 3.04. The lowest BCUT2D eigenvalue weighted by Crippen LogP contribution is -2.17. The van der Waals surface area contributed by atoms with Crippen LogP contribution in [0.3, 0.4) is 0 Å². The van der Waals surface area contributed by atoms with E-state index in [9.17, 15) is 0 Å². The Morgan fingerprint density at radius 3 is 2.70 bits per heavy atom. The van der Waals surface area contributed by atoms with Crippen LogP contribution < -0.4 is 10.1 Å². The van der Waals surface area contributed by atoms with E-state index < -0.39 is 0 Å². The van der Waals surface area contributed by atoms with Gasteiger partial charge in [0.2, 0.25) is 0 Å². The van der Waals surface area contributed by atoms with Crippen LogP contribution in [-0.4, -0.2) is 26.9 Å². The number of nitrogens with one attached hydrogen (secondary N) is 1. The number of aromatic nitrogens is 4. The molecule has 0 spiro atoms. The van der Waals surface area contributed by atoms with Crippen molar-refractivity contribution in [1.29, 1.82) is 0 Å². The predicted molar refractivity (Wildman–Crippen MR) is 89.8 cm³/mol. The Morgan fingerprint density at radius 2 is 1.96 bits per heavy atom. The quantitative estimate of drug-likeness (QED) is 0.802. The van der Waals surface area contributed by atoms with Gasteiger partial charge >= 0.3 is 0 Å². The van der Waals surface area contributed by atoms with E-state index in [1.54, 1.807) is 11.6 Å². The highest BCUT2D eigenvalue weighted by atomic mass is 16.5. The van der Waals surface area contributed by atoms with Crippen LogP contribution in [0.1, 0.15) is 32.2 Å². The number of benzene rings is 1. The molecule has 23 heavy (non-hydrogen) atoms. The van der Waals surface area contributed by atoms with Crippen molar-refractivity contribution < 1.29 is 4.74 Å². The summed E-state index contributed by atoms with van der Waals surface area (Å²) in [5.74, 6) is 2.48. The van der Waals surface area contributed by atoms with Gasteiger partial charge in [0.25, 0.3) is 0 Å². The second-order valence-electron chi connectivity index (χ2n) is 6.47. The molecule has 3 rings (SSSR count). The molecule has 0 aliphatic rings. The third-order valence-corrected chi connectivity index (χ3v) is 3.54. The summed E-state index contributed by atoms with van der Waals surface area (Å²) in [5, 5.41) is 16.4. The van der Waals surface area contributed by atoms with Gasteiger partial charge in [-0.3, -0.25) is 0 Å². The molecule has 0 atom stereocenters. The van der Waals surface area contributed by atoms with E-state index in [0.717, 1.165) is 28.6 Å². The second-order valence-corrected chi connectivity index (χ2v) is 6.47. The maximum absolute atomic E-state index is 5.24. The summed E-state index contributed by atoms with van der Waals surface area (Å²) >= 11 is 0. The van der Waals surface area contributed by atoms with Gasteiger partial charge in [-0.15, -0.1) is 15.3 Å². The summed E-state index contributed by atoms with van der Waals surface area (Å²) in [5.41, 5.74) is 1.77. The minimum atomic E-state index is -0.113. The lowest BCUT2D eigenvalue weighted by atomic mass is 9.96. The molecule has 0 fully saturated rings. The van der Waals surface area contributed by atoms with Crippen LogP contribution >= 0.6 is 0 Å². The van der Waals surface area contributed by atoms with Gasteiger partial charge in [-0.25, -0.2) is 0 Å². The van der Waals surface area contributed by atoms with Crippen LogP contribution in [0.25, 0.3) is 5.65 Å². The first-order valence-corrected chi connectivity index (χ1v) is 7.57. The summed E-state index contributed by atoms with van der Waals surface area (Å²) in [6.45, 7) is 6.97. The lowest BCUT2D eigenvalue weighted by Gasteiger charge is -2.15. The molecule has 3 aromatic rings. The topological polar surface area (TPSA) is 64.3 Å². The lowest BCUT2D eigenvalue weighted by molar-refractivity contribution is 0.414. The Hall–Kier alpha value is -2.63. The smallest absolute Gasteiger partial charge is 0.178 e. The molecule has 0 bridgehead atoms. The van der Waals surface area contributed by atoms with Gasteiger partial charge in [0, 0.05) is 12.0 Å². The van der Waals surface area contributed by atoms with E-state index in [4.69, 9.17) is 4.74 Å². The zero-order valence-corrected chi connectivity index (χ0v) is 13.9. The van der Waals surface area contributed by atoms with Crippen molar-refractivity contribution >= 4 is 11.5 Å². The van der Waals surface area contributed by atoms with Gasteiger partial charge < -0.3 is 10.1 Å². The number of fused-ring (bicyclic) bond motifs is 1. The molecule has 6 heteroatoms. The Kier molecular flexibility index (Phi) is 3.90. The van der Waals surface area contributed by atoms with Crippen LogP contribution in [-0.2, 0) is 12.0 Å². The minimum Gasteiger partial charge on any atom is -0.497 e. The summed E-state index contributed by atoms with van der Waals surface area (Å²) in [6, 6.07) is 11.8. The van der Waals surface area contributed by atoms with Crippen molar-refractivity contribution in [2.75, 3.05) is 12.4 Å². The number of rotatable bonds is 4. The fraction of sp³-hybridized carbons (Fsp3) is 0.353. The molecule has 1 aromatic carbocycles. The first kappa shape index (κ1) is 15.3. The van der Waals surface area contributed by atoms with E-state index in [2.05, 4.69) is 41.4 Å². The molecule has 0 amide bonds. The first-order valence-electron chi connectivity index (χ1n) is 7.57. The average Bonchev–Trinajstić information content (AvgIpc) is 2.96. The molecule has 120 valence electrons. The second kappa shape index (κ2) is 5.87. The number of ether oxygens (including phenoxy) is 1. The Balaban J connectivity index is 1.83. The van der Waals surface area contributed by atoms with Crippen LogP contribution in [0.4, 0.5) is 5.82 Å². The van der Waals surface area contributed by atoms with Gasteiger partial charge in [0.15, 0.2) is 11.5 Å². The van der Waals surface area contributed by atoms with Crippen molar-refractivity contribution in [3.8, 4) is 5.75 Å². The molecule has 0 radical (unpaired) electrons. The fourth-order valence-electron chi connectivity index (χ4n) is 2.33. The molecular formula is C17H21N5O. The normalized spacial score (nSPS) is 11.7. The van der Waals surface area contributed by atoms with E-state index in [1.807, 2.05) is 36.4 Å². The van der Waals surface area contributed by atoms with E-state index in [-0.39, 0.29) is 5.41 Å². The average molecular weight is 311 g/mol. The SMILES string of the molecule is COc1cccc(CNc2ccc3nnc(C(C)(C)C)n3n2)c1. The van der Waals surface area contributed by atoms with Crippen LogP contribution in [0, 0.1) is 0 Å². The highest BCUT2D eigenvalue weighted by molar-refractivity contribution is 5.45. The summed E-state index contributed by atoms with van der Waals surface area (Å²) < 4.78 is 7.04. The molecule has 2 aromatic heterocycles. The molecule has 0 aliphatic heterocycles. The van der Waals surface area contributed by atoms with E-state index >= 15 is 0 Å². The van der Waals surface area contributed by atoms with E-state index in [1.165, 1.54) is 0 Å². The summed E-state index contributed by atoms with van der Waals surface area (Å²) in [6.07, 6.45) is 0. The first-order chi connectivity index (χ1) is 11.0. The number of hydrogen-bond donors (Lipinski definition) is 1. The van der Waals surface area contributed by atoms with Gasteiger partial charge in [0.1, 0.15) is 11.6 Å². The zero-order valence-electron chi connectivity index (χ0n) is 13.9. The molecule has 0 saturated carbocycles. The molecule has 2 heterocycles. The standard InChI is InChI=1S/C17H21N5O/c1-17(2,3)16-20-19-15-9-8-14(21-22(15)16)18-11-12-6-5-7-13(10-12)23-4/h5-10H,11H2,1-4H3,(H,18,21). The third-order valence-electron chi connectivity index (χ3n) is 3.54. The molecule has 1 N–H and O–H groups in total. The van der Waals surface area contributed by atoms with Gasteiger partial charge in [0.05, 0.1) is 7.11 Å². The van der Waals surface area contributed by atoms with Gasteiger partial charge in [-0.2, -0.15) is 4.52 Å². The maximum Gasteiger partial charge on any atom is 0.178 e. The third kappa shape index (κ3) is 3.26. The van der Waals surface area contributed by atoms with Crippen molar-refractivity contribution in [2.45, 2.75) is 32.7 Å². The summed E-state index contributed by atoms with van der Waals surface area (Å²) in [7, 11) is 1.67. The van der Waals surface area contributed by atoms with Crippen LogP contribution in [0.5, 0.6) is 5.75 Å². The molecule has 0 aliphatic carbocycles. The molecule has 0 unspecified atom stereocenters. The van der Waals surface area contributed by atoms with Crippen molar-refractivity contribution in [3.63, 3.8) is 0 Å². The van der Waals surface area contributed by atoms with Crippen molar-refractivity contribution in [3.05, 3.63) is 47.8 Å². The minimum absolute atomic E-state index is 0.113. The van der Waals surface area contributed by atoms with Gasteiger partial charge in [-0.1, -0.05) is 32.9 Å². The van der Waals surface area contributed by atoms with Crippen molar-refractivity contribution in [2.24, 2.45) is 0 Å². The summed E-state index contributed by atoms with van der Waals surface area (Å²) in [4.78, 5) is 0. The number of anilines is 1. The number of hydrogen-bond acceptors (Lipinski definition) is 5. The van der Waals surface area contributed by atoms with Crippen molar-refractivity contribution in [1.82, 2.24) is 19.8 Å². The maximum atomic E-state index is 5.24. The van der Waals surface area contributed by atoms with Crippen LogP contribution in [0.15, 0.2) is 36.4 Å². The highest BCUT2D eigenvalue weighted by Gasteiger charge is 2.21. The number of methoxy groups -OCH3 is 1. The fourth-order valence-corrected chi connectivity index (χ4v) is 2.33. The zero-order chi connectivity index (χ0) is 16.4. The molecule has 6 nitrogen and oxygen atoms in total. The number of nitrogens with zero attached hydrogens (tertiary/aromatic N) is 4.